The molecule has 1 heterocycles. The van der Waals surface area contributed by atoms with Crippen molar-refractivity contribution in [1.29, 1.82) is 0 Å². The number of carbonyl (C=O) groups is 1. The van der Waals surface area contributed by atoms with E-state index in [0.29, 0.717) is 17.9 Å². The van der Waals surface area contributed by atoms with Gasteiger partial charge in [-0.1, -0.05) is 18.2 Å². The molecule has 0 saturated carbocycles. The average molecular weight is 311 g/mol. The van der Waals surface area contributed by atoms with Crippen molar-refractivity contribution in [3.8, 4) is 0 Å². The molecular weight excluding hydrogens is 290 g/mol. The second-order valence-electron chi connectivity index (χ2n) is 5.64. The summed E-state index contributed by atoms with van der Waals surface area (Å²) in [5.74, 6) is -0.720. The topological polar surface area (TPSA) is 74.7 Å². The van der Waals surface area contributed by atoms with Gasteiger partial charge in [-0.2, -0.15) is 0 Å². The Morgan fingerprint density at radius 2 is 2.05 bits per heavy atom. The molecule has 1 N–H and O–H groups in total. The van der Waals surface area contributed by atoms with Gasteiger partial charge in [0.1, 0.15) is 0 Å². The number of carboxylic acids is 1. The van der Waals surface area contributed by atoms with Gasteiger partial charge in [0.05, 0.1) is 17.1 Å². The molecule has 21 heavy (non-hydrogen) atoms. The molecule has 0 aromatic heterocycles. The summed E-state index contributed by atoms with van der Waals surface area (Å²) in [6, 6.07) is 7.17. The van der Waals surface area contributed by atoms with E-state index in [-0.39, 0.29) is 24.3 Å². The molecule has 116 valence electrons. The Hall–Kier alpha value is -1.40. The Morgan fingerprint density at radius 1 is 1.38 bits per heavy atom. The maximum Gasteiger partial charge on any atom is 0.304 e. The summed E-state index contributed by atoms with van der Waals surface area (Å²) in [5.41, 5.74) is 0.794. The quantitative estimate of drug-likeness (QED) is 0.901. The Morgan fingerprint density at radius 3 is 2.67 bits per heavy atom. The standard InChI is InChI=1S/C15H21NO4S/c1-11(2)16(9-7-15(17)18)13-8-10-21(19,20)14-6-4-3-5-12(13)14/h3-6,11,13H,7-10H2,1-2H3,(H,17,18). The molecule has 1 aromatic carbocycles. The lowest BCUT2D eigenvalue weighted by atomic mass is 10.00. The zero-order chi connectivity index (χ0) is 15.6. The van der Waals surface area contributed by atoms with Crippen LogP contribution >= 0.6 is 0 Å². The molecule has 2 rings (SSSR count). The Balaban J connectivity index is 2.36. The molecule has 1 aromatic rings. The maximum atomic E-state index is 12.2. The second-order valence-corrected chi connectivity index (χ2v) is 7.71. The molecule has 6 heteroatoms. The van der Waals surface area contributed by atoms with Crippen LogP contribution in [-0.2, 0) is 14.6 Å². The van der Waals surface area contributed by atoms with E-state index in [1.165, 1.54) is 0 Å². The lowest BCUT2D eigenvalue weighted by molar-refractivity contribution is -0.137. The molecule has 0 fully saturated rings. The minimum atomic E-state index is -3.21. The van der Waals surface area contributed by atoms with E-state index in [4.69, 9.17) is 5.11 Å². The molecule has 1 aliphatic heterocycles. The first-order valence-corrected chi connectivity index (χ1v) is 8.77. The minimum absolute atomic E-state index is 0.0379. The van der Waals surface area contributed by atoms with Gasteiger partial charge in [0.25, 0.3) is 0 Å². The summed E-state index contributed by atoms with van der Waals surface area (Å²) in [4.78, 5) is 13.3. The molecule has 1 aliphatic rings. The number of carboxylic acid groups (broad SMARTS) is 1. The summed E-state index contributed by atoms with van der Waals surface area (Å²) in [6.45, 7) is 4.44. The molecule has 0 amide bonds. The summed E-state index contributed by atoms with van der Waals surface area (Å²) >= 11 is 0. The molecule has 5 nitrogen and oxygen atoms in total. The third-order valence-corrected chi connectivity index (χ3v) is 5.74. The van der Waals surface area contributed by atoms with Gasteiger partial charge in [-0.15, -0.1) is 0 Å². The van der Waals surface area contributed by atoms with E-state index in [9.17, 15) is 13.2 Å². The summed E-state index contributed by atoms with van der Waals surface area (Å²) < 4.78 is 24.3. The van der Waals surface area contributed by atoms with E-state index in [1.807, 2.05) is 26.0 Å². The zero-order valence-corrected chi connectivity index (χ0v) is 13.1. The highest BCUT2D eigenvalue weighted by Crippen LogP contribution is 2.36. The van der Waals surface area contributed by atoms with Crippen molar-refractivity contribution in [3.05, 3.63) is 29.8 Å². The van der Waals surface area contributed by atoms with Gasteiger partial charge in [0.15, 0.2) is 9.84 Å². The van der Waals surface area contributed by atoms with Crippen LogP contribution < -0.4 is 0 Å². The first kappa shape index (κ1) is 16.0. The number of rotatable bonds is 5. The first-order valence-electron chi connectivity index (χ1n) is 7.12. The fraction of sp³-hybridized carbons (Fsp3) is 0.533. The number of sulfone groups is 1. The highest BCUT2D eigenvalue weighted by molar-refractivity contribution is 7.91. The highest BCUT2D eigenvalue weighted by atomic mass is 32.2. The third kappa shape index (κ3) is 3.44. The van der Waals surface area contributed by atoms with Crippen LogP contribution in [0.15, 0.2) is 29.2 Å². The maximum absolute atomic E-state index is 12.2. The smallest absolute Gasteiger partial charge is 0.304 e. The Kier molecular flexibility index (Phi) is 4.68. The molecule has 1 atom stereocenters. The minimum Gasteiger partial charge on any atom is -0.481 e. The zero-order valence-electron chi connectivity index (χ0n) is 12.3. The molecule has 0 radical (unpaired) electrons. The molecular formula is C15H21NO4S. The van der Waals surface area contributed by atoms with Crippen molar-refractivity contribution in [2.45, 2.75) is 43.7 Å². The lowest BCUT2D eigenvalue weighted by Gasteiger charge is -2.38. The summed E-state index contributed by atoms with van der Waals surface area (Å²) in [7, 11) is -3.21. The van der Waals surface area contributed by atoms with Crippen LogP contribution in [0, 0.1) is 0 Å². The third-order valence-electron chi connectivity index (χ3n) is 3.92. The predicted molar refractivity (Wildman–Crippen MR) is 79.9 cm³/mol. The molecule has 0 saturated heterocycles. The normalized spacial score (nSPS) is 20.5. The number of hydrogen-bond acceptors (Lipinski definition) is 4. The molecule has 0 spiro atoms. The van der Waals surface area contributed by atoms with Gasteiger partial charge in [-0.05, 0) is 31.9 Å². The number of hydrogen-bond donors (Lipinski definition) is 1. The van der Waals surface area contributed by atoms with Gasteiger partial charge in [-0.25, -0.2) is 8.42 Å². The van der Waals surface area contributed by atoms with E-state index >= 15 is 0 Å². The second kappa shape index (κ2) is 6.15. The van der Waals surface area contributed by atoms with Crippen LogP contribution in [-0.4, -0.2) is 42.7 Å². The number of benzene rings is 1. The van der Waals surface area contributed by atoms with Gasteiger partial charge in [-0.3, -0.25) is 9.69 Å². The van der Waals surface area contributed by atoms with Crippen LogP contribution in [0.4, 0.5) is 0 Å². The van der Waals surface area contributed by atoms with E-state index < -0.39 is 15.8 Å². The SMILES string of the molecule is CC(C)N(CCC(=O)O)C1CCS(=O)(=O)c2ccccc21. The van der Waals surface area contributed by atoms with Crippen molar-refractivity contribution in [1.82, 2.24) is 4.90 Å². The monoisotopic (exact) mass is 311 g/mol. The average Bonchev–Trinajstić information content (AvgIpc) is 2.41. The van der Waals surface area contributed by atoms with Crippen LogP contribution in [0.3, 0.4) is 0 Å². The van der Waals surface area contributed by atoms with Crippen LogP contribution in [0.5, 0.6) is 0 Å². The Labute approximate surface area is 125 Å². The van der Waals surface area contributed by atoms with Gasteiger partial charge < -0.3 is 5.11 Å². The van der Waals surface area contributed by atoms with Crippen molar-refractivity contribution < 1.29 is 18.3 Å². The predicted octanol–water partition coefficient (Wildman–Crippen LogP) is 2.09. The van der Waals surface area contributed by atoms with Crippen LogP contribution in [0.1, 0.15) is 38.3 Å². The fourth-order valence-electron chi connectivity index (χ4n) is 2.91. The fourth-order valence-corrected chi connectivity index (χ4v) is 4.52. The largest absolute Gasteiger partial charge is 0.481 e. The van der Waals surface area contributed by atoms with E-state index in [2.05, 4.69) is 4.90 Å². The molecule has 0 bridgehead atoms. The number of fused-ring (bicyclic) bond motifs is 1. The molecule has 1 unspecified atom stereocenters. The highest BCUT2D eigenvalue weighted by Gasteiger charge is 2.34. The van der Waals surface area contributed by atoms with Gasteiger partial charge in [0, 0.05) is 18.6 Å². The van der Waals surface area contributed by atoms with Crippen LogP contribution in [0.2, 0.25) is 0 Å². The van der Waals surface area contributed by atoms with Crippen molar-refractivity contribution in [3.63, 3.8) is 0 Å². The van der Waals surface area contributed by atoms with Crippen LogP contribution in [0.25, 0.3) is 0 Å². The van der Waals surface area contributed by atoms with E-state index in [0.717, 1.165) is 5.56 Å². The van der Waals surface area contributed by atoms with Crippen molar-refractivity contribution >= 4 is 15.8 Å². The number of aliphatic carboxylic acids is 1. The molecule has 0 aliphatic carbocycles. The van der Waals surface area contributed by atoms with Crippen molar-refractivity contribution in [2.75, 3.05) is 12.3 Å². The summed E-state index contributed by atoms with van der Waals surface area (Å²) in [6.07, 6.45) is 0.570. The van der Waals surface area contributed by atoms with Gasteiger partial charge in [0.2, 0.25) is 0 Å². The first-order chi connectivity index (χ1) is 9.83. The lowest BCUT2D eigenvalue weighted by Crippen LogP contribution is -2.39. The van der Waals surface area contributed by atoms with E-state index in [1.54, 1.807) is 12.1 Å². The summed E-state index contributed by atoms with van der Waals surface area (Å²) in [5, 5.41) is 8.90. The van der Waals surface area contributed by atoms with Crippen molar-refractivity contribution in [2.24, 2.45) is 0 Å². The Bertz CT molecular complexity index is 624. The number of nitrogens with zero attached hydrogens (tertiary/aromatic N) is 1. The van der Waals surface area contributed by atoms with Gasteiger partial charge >= 0.3 is 5.97 Å².